The van der Waals surface area contributed by atoms with Crippen molar-refractivity contribution < 1.29 is 4.79 Å². The number of aromatic nitrogens is 1. The van der Waals surface area contributed by atoms with Crippen molar-refractivity contribution in [2.24, 2.45) is 0 Å². The number of hydrogen-bond acceptors (Lipinski definition) is 3. The Morgan fingerprint density at radius 3 is 2.55 bits per heavy atom. The maximum atomic E-state index is 12.4. The van der Waals surface area contributed by atoms with E-state index in [0.717, 1.165) is 16.5 Å². The smallest absolute Gasteiger partial charge is 0.169 e. The number of rotatable bonds is 3. The molecule has 3 aromatic rings. The maximum Gasteiger partial charge on any atom is 0.169 e. The van der Waals surface area contributed by atoms with E-state index in [9.17, 15) is 4.79 Å². The molecule has 0 spiro atoms. The number of nitrogen functional groups attached to an aromatic ring is 1. The minimum absolute atomic E-state index is 0.0686. The van der Waals surface area contributed by atoms with Gasteiger partial charge >= 0.3 is 0 Å². The highest BCUT2D eigenvalue weighted by atomic mass is 16.1. The number of carbonyl (C=O) groups is 1. The lowest BCUT2D eigenvalue weighted by Gasteiger charge is -2.05. The zero-order chi connectivity index (χ0) is 13.9. The molecule has 0 amide bonds. The Labute approximate surface area is 117 Å². The summed E-state index contributed by atoms with van der Waals surface area (Å²) in [5, 5.41) is 0.982. The molecule has 3 nitrogen and oxygen atoms in total. The molecule has 3 rings (SSSR count). The third kappa shape index (κ3) is 2.38. The van der Waals surface area contributed by atoms with E-state index in [0.29, 0.717) is 17.7 Å². The van der Waals surface area contributed by atoms with E-state index in [1.165, 1.54) is 0 Å². The van der Waals surface area contributed by atoms with Gasteiger partial charge < -0.3 is 5.73 Å². The molecule has 2 N–H and O–H groups in total. The van der Waals surface area contributed by atoms with E-state index in [2.05, 4.69) is 4.98 Å². The number of carbonyl (C=O) groups excluding carboxylic acids is 1. The number of anilines is 1. The Morgan fingerprint density at radius 1 is 1.00 bits per heavy atom. The first-order chi connectivity index (χ1) is 9.74. The summed E-state index contributed by atoms with van der Waals surface area (Å²) in [5.41, 5.74) is 8.73. The van der Waals surface area contributed by atoms with E-state index in [-0.39, 0.29) is 5.78 Å². The van der Waals surface area contributed by atoms with Gasteiger partial charge in [-0.1, -0.05) is 30.3 Å². The van der Waals surface area contributed by atoms with Gasteiger partial charge in [-0.15, -0.1) is 0 Å². The van der Waals surface area contributed by atoms with Gasteiger partial charge in [0, 0.05) is 29.3 Å². The first-order valence-corrected chi connectivity index (χ1v) is 6.45. The summed E-state index contributed by atoms with van der Waals surface area (Å²) < 4.78 is 0. The second-order valence-electron chi connectivity index (χ2n) is 4.72. The molecular weight excluding hydrogens is 248 g/mol. The normalized spacial score (nSPS) is 10.6. The average molecular weight is 262 g/mol. The highest BCUT2D eigenvalue weighted by Crippen LogP contribution is 2.18. The van der Waals surface area contributed by atoms with Crippen molar-refractivity contribution in [2.75, 3.05) is 5.73 Å². The van der Waals surface area contributed by atoms with Gasteiger partial charge in [0.15, 0.2) is 5.78 Å². The van der Waals surface area contributed by atoms with Crippen LogP contribution in [-0.2, 0) is 6.42 Å². The highest BCUT2D eigenvalue weighted by molar-refractivity contribution is 6.07. The Hall–Kier alpha value is -2.68. The van der Waals surface area contributed by atoms with Gasteiger partial charge in [0.25, 0.3) is 0 Å². The molecule has 0 saturated carbocycles. The second-order valence-corrected chi connectivity index (χ2v) is 4.72. The Balaban J connectivity index is 1.94. The van der Waals surface area contributed by atoms with Crippen molar-refractivity contribution in [1.29, 1.82) is 0 Å². The number of ketones is 1. The summed E-state index contributed by atoms with van der Waals surface area (Å²) in [6.07, 6.45) is 2.07. The lowest BCUT2D eigenvalue weighted by molar-refractivity contribution is 0.0994. The van der Waals surface area contributed by atoms with Crippen LogP contribution in [0.25, 0.3) is 10.9 Å². The molecule has 0 saturated heterocycles. The van der Waals surface area contributed by atoms with Gasteiger partial charge in [-0.3, -0.25) is 9.78 Å². The van der Waals surface area contributed by atoms with E-state index >= 15 is 0 Å². The maximum absolute atomic E-state index is 12.4. The van der Waals surface area contributed by atoms with Crippen LogP contribution in [0, 0.1) is 0 Å². The van der Waals surface area contributed by atoms with E-state index in [4.69, 9.17) is 5.73 Å². The standard InChI is InChI=1S/C17H14N2O/c18-14-8-6-12(7-9-14)11-16(20)15-5-1-3-13-4-2-10-19-17(13)15/h1-10H,11,18H2. The van der Waals surface area contributed by atoms with Crippen molar-refractivity contribution >= 4 is 22.4 Å². The van der Waals surface area contributed by atoms with Crippen molar-refractivity contribution in [3.63, 3.8) is 0 Å². The number of Topliss-reactive ketones (excluding diaryl/α,β-unsaturated/α-hetero) is 1. The monoisotopic (exact) mass is 262 g/mol. The van der Waals surface area contributed by atoms with Gasteiger partial charge in [0.05, 0.1) is 5.52 Å². The summed E-state index contributed by atoms with van der Waals surface area (Å²) in [6.45, 7) is 0. The van der Waals surface area contributed by atoms with Crippen LogP contribution in [-0.4, -0.2) is 10.8 Å². The molecule has 3 heteroatoms. The van der Waals surface area contributed by atoms with Crippen LogP contribution >= 0.6 is 0 Å². The predicted octanol–water partition coefficient (Wildman–Crippen LogP) is 3.24. The fourth-order valence-corrected chi connectivity index (χ4v) is 2.25. The number of nitrogens with zero attached hydrogens (tertiary/aromatic N) is 1. The van der Waals surface area contributed by atoms with Crippen LogP contribution in [0.5, 0.6) is 0 Å². The Bertz CT molecular complexity index is 758. The molecule has 0 aliphatic rings. The summed E-state index contributed by atoms with van der Waals surface area (Å²) in [6, 6.07) is 16.9. The lowest BCUT2D eigenvalue weighted by Crippen LogP contribution is -2.05. The third-order valence-corrected chi connectivity index (χ3v) is 3.28. The molecular formula is C17H14N2O. The lowest BCUT2D eigenvalue weighted by atomic mass is 10.0. The molecule has 1 heterocycles. The van der Waals surface area contributed by atoms with E-state index in [1.54, 1.807) is 6.20 Å². The quantitative estimate of drug-likeness (QED) is 0.582. The molecule has 0 fully saturated rings. The van der Waals surface area contributed by atoms with Crippen molar-refractivity contribution in [2.45, 2.75) is 6.42 Å². The van der Waals surface area contributed by atoms with E-state index < -0.39 is 0 Å². The number of nitrogens with two attached hydrogens (primary N) is 1. The first kappa shape index (κ1) is 12.4. The van der Waals surface area contributed by atoms with Gasteiger partial charge in [-0.2, -0.15) is 0 Å². The van der Waals surface area contributed by atoms with Crippen LogP contribution in [0.15, 0.2) is 60.8 Å². The molecule has 2 aromatic carbocycles. The molecule has 98 valence electrons. The predicted molar refractivity (Wildman–Crippen MR) is 80.6 cm³/mol. The largest absolute Gasteiger partial charge is 0.399 e. The average Bonchev–Trinajstić information content (AvgIpc) is 2.49. The molecule has 1 aromatic heterocycles. The number of para-hydroxylation sites is 1. The fourth-order valence-electron chi connectivity index (χ4n) is 2.25. The topological polar surface area (TPSA) is 56.0 Å². The fraction of sp³-hybridized carbons (Fsp3) is 0.0588. The second kappa shape index (κ2) is 5.13. The number of pyridine rings is 1. The van der Waals surface area contributed by atoms with Gasteiger partial charge in [0.2, 0.25) is 0 Å². The van der Waals surface area contributed by atoms with Crippen molar-refractivity contribution in [3.05, 3.63) is 71.9 Å². The summed E-state index contributed by atoms with van der Waals surface area (Å²) in [4.78, 5) is 16.8. The zero-order valence-electron chi connectivity index (χ0n) is 10.9. The highest BCUT2D eigenvalue weighted by Gasteiger charge is 2.11. The SMILES string of the molecule is Nc1ccc(CC(=O)c2cccc3cccnc23)cc1. The van der Waals surface area contributed by atoms with Crippen LogP contribution in [0.3, 0.4) is 0 Å². The van der Waals surface area contributed by atoms with Gasteiger partial charge in [-0.25, -0.2) is 0 Å². The Morgan fingerprint density at radius 2 is 1.75 bits per heavy atom. The Kier molecular flexibility index (Phi) is 3.17. The minimum atomic E-state index is 0.0686. The van der Waals surface area contributed by atoms with Crippen LogP contribution < -0.4 is 5.73 Å². The molecule has 0 atom stereocenters. The van der Waals surface area contributed by atoms with Gasteiger partial charge in [0.1, 0.15) is 0 Å². The summed E-state index contributed by atoms with van der Waals surface area (Å²) in [7, 11) is 0. The van der Waals surface area contributed by atoms with Crippen molar-refractivity contribution in [1.82, 2.24) is 4.98 Å². The molecule has 20 heavy (non-hydrogen) atoms. The molecule has 0 radical (unpaired) electrons. The molecule has 0 aliphatic heterocycles. The van der Waals surface area contributed by atoms with E-state index in [1.807, 2.05) is 54.6 Å². The summed E-state index contributed by atoms with van der Waals surface area (Å²) in [5.74, 6) is 0.0686. The van der Waals surface area contributed by atoms with Crippen LogP contribution in [0.2, 0.25) is 0 Å². The third-order valence-electron chi connectivity index (χ3n) is 3.28. The molecule has 0 aliphatic carbocycles. The number of hydrogen-bond donors (Lipinski definition) is 1. The molecule has 0 unspecified atom stereocenters. The number of fused-ring (bicyclic) bond motifs is 1. The van der Waals surface area contributed by atoms with Crippen molar-refractivity contribution in [3.8, 4) is 0 Å². The van der Waals surface area contributed by atoms with Crippen LogP contribution in [0.4, 0.5) is 5.69 Å². The minimum Gasteiger partial charge on any atom is -0.399 e. The number of benzene rings is 2. The van der Waals surface area contributed by atoms with Gasteiger partial charge in [-0.05, 0) is 29.8 Å². The summed E-state index contributed by atoms with van der Waals surface area (Å²) >= 11 is 0. The molecule has 0 bridgehead atoms. The van der Waals surface area contributed by atoms with Crippen LogP contribution in [0.1, 0.15) is 15.9 Å². The zero-order valence-corrected chi connectivity index (χ0v) is 10.9. The first-order valence-electron chi connectivity index (χ1n) is 6.45.